The molecule has 1 aliphatic heterocycles. The van der Waals surface area contributed by atoms with Crippen molar-refractivity contribution in [2.24, 2.45) is 5.73 Å². The number of nitrogens with two attached hydrogens (primary N) is 1. The Morgan fingerprint density at radius 2 is 2.26 bits per heavy atom. The number of nitrogens with zero attached hydrogens (tertiary/aromatic N) is 1. The Bertz CT molecular complexity index is 599. The molecule has 4 nitrogen and oxygen atoms in total. The Hall–Kier alpha value is -1.72. The lowest BCUT2D eigenvalue weighted by Crippen LogP contribution is -2.53. The zero-order chi connectivity index (χ0) is 13.5. The van der Waals surface area contributed by atoms with E-state index in [-0.39, 0.29) is 11.2 Å². The predicted octanol–water partition coefficient (Wildman–Crippen LogP) is 1.75. The highest BCUT2D eigenvalue weighted by molar-refractivity contribution is 5.62. The van der Waals surface area contributed by atoms with Crippen LogP contribution in [0, 0.1) is 12.7 Å². The number of hydrogen-bond acceptors (Lipinski definition) is 3. The summed E-state index contributed by atoms with van der Waals surface area (Å²) in [6, 6.07) is 6.44. The molecule has 1 aromatic heterocycles. The minimum atomic E-state index is -0.262. The third-order valence-corrected chi connectivity index (χ3v) is 3.63. The van der Waals surface area contributed by atoms with E-state index in [9.17, 15) is 4.39 Å². The van der Waals surface area contributed by atoms with Crippen molar-refractivity contribution < 1.29 is 9.13 Å². The molecule has 0 spiro atoms. The molecule has 19 heavy (non-hydrogen) atoms. The van der Waals surface area contributed by atoms with Gasteiger partial charge < -0.3 is 15.5 Å². The molecule has 1 fully saturated rings. The number of ether oxygens (including phenoxy) is 1. The molecule has 2 heterocycles. The molecule has 0 saturated carbocycles. The van der Waals surface area contributed by atoms with Crippen molar-refractivity contribution in [1.82, 2.24) is 9.97 Å². The first-order valence-corrected chi connectivity index (χ1v) is 6.25. The van der Waals surface area contributed by atoms with Gasteiger partial charge in [-0.2, -0.15) is 0 Å². The van der Waals surface area contributed by atoms with Crippen LogP contribution in [-0.4, -0.2) is 29.7 Å². The molecule has 0 unspecified atom stereocenters. The fourth-order valence-electron chi connectivity index (χ4n) is 2.33. The molecule has 100 valence electrons. The van der Waals surface area contributed by atoms with E-state index in [1.165, 1.54) is 12.1 Å². The number of rotatable bonds is 3. The number of aromatic nitrogens is 2. The zero-order valence-corrected chi connectivity index (χ0v) is 10.7. The maximum atomic E-state index is 13.3. The molecule has 0 aliphatic carbocycles. The summed E-state index contributed by atoms with van der Waals surface area (Å²) >= 11 is 0. The largest absolute Gasteiger partial charge is 0.379 e. The number of aryl methyl sites for hydroxylation is 1. The topological polar surface area (TPSA) is 63.9 Å². The van der Waals surface area contributed by atoms with E-state index in [1.54, 1.807) is 6.07 Å². The van der Waals surface area contributed by atoms with E-state index in [2.05, 4.69) is 9.97 Å². The Morgan fingerprint density at radius 3 is 2.84 bits per heavy atom. The standard InChI is InChI=1S/C14H16FN3O/c1-9-12(10-3-2-4-11(15)5-10)18-13(17-9)14(6-16)7-19-8-14/h2-5H,6-8,16H2,1H3,(H,17,18). The van der Waals surface area contributed by atoms with E-state index in [0.717, 1.165) is 22.8 Å². The van der Waals surface area contributed by atoms with E-state index < -0.39 is 0 Å². The Kier molecular flexibility index (Phi) is 2.88. The highest BCUT2D eigenvalue weighted by atomic mass is 19.1. The van der Waals surface area contributed by atoms with Gasteiger partial charge in [0.15, 0.2) is 0 Å². The molecule has 1 aromatic carbocycles. The first kappa shape index (κ1) is 12.3. The van der Waals surface area contributed by atoms with Crippen LogP contribution in [-0.2, 0) is 10.2 Å². The van der Waals surface area contributed by atoms with Crippen molar-refractivity contribution in [1.29, 1.82) is 0 Å². The molecule has 0 atom stereocenters. The van der Waals surface area contributed by atoms with Crippen LogP contribution in [0.4, 0.5) is 4.39 Å². The number of hydrogen-bond donors (Lipinski definition) is 2. The van der Waals surface area contributed by atoms with Crippen LogP contribution in [0.5, 0.6) is 0 Å². The van der Waals surface area contributed by atoms with Gasteiger partial charge in [-0.1, -0.05) is 12.1 Å². The normalized spacial score (nSPS) is 17.2. The van der Waals surface area contributed by atoms with Crippen molar-refractivity contribution in [2.45, 2.75) is 12.3 Å². The highest BCUT2D eigenvalue weighted by Crippen LogP contribution is 2.32. The SMILES string of the molecule is Cc1[nH]c(C2(CN)COC2)nc1-c1cccc(F)c1. The molecule has 1 saturated heterocycles. The van der Waals surface area contributed by atoms with Gasteiger partial charge in [-0.05, 0) is 19.1 Å². The third-order valence-electron chi connectivity index (χ3n) is 3.63. The fraction of sp³-hybridized carbons (Fsp3) is 0.357. The second kappa shape index (κ2) is 4.43. The highest BCUT2D eigenvalue weighted by Gasteiger charge is 2.42. The van der Waals surface area contributed by atoms with Crippen LogP contribution >= 0.6 is 0 Å². The minimum absolute atomic E-state index is 0.212. The van der Waals surface area contributed by atoms with Gasteiger partial charge in [0.1, 0.15) is 11.6 Å². The number of nitrogens with one attached hydrogen (secondary N) is 1. The summed E-state index contributed by atoms with van der Waals surface area (Å²) in [5.41, 5.74) is 8.07. The first-order valence-electron chi connectivity index (χ1n) is 6.25. The third kappa shape index (κ3) is 1.95. The molecule has 5 heteroatoms. The van der Waals surface area contributed by atoms with Crippen molar-refractivity contribution in [3.8, 4) is 11.3 Å². The van der Waals surface area contributed by atoms with Gasteiger partial charge in [0.05, 0.1) is 24.3 Å². The van der Waals surface area contributed by atoms with Gasteiger partial charge in [-0.25, -0.2) is 9.37 Å². The second-order valence-corrected chi connectivity index (χ2v) is 5.05. The molecule has 3 rings (SSSR count). The molecule has 0 amide bonds. The summed E-state index contributed by atoms with van der Waals surface area (Å²) in [5.74, 6) is 0.569. The maximum Gasteiger partial charge on any atom is 0.123 e. The fourth-order valence-corrected chi connectivity index (χ4v) is 2.33. The number of halogens is 1. The van der Waals surface area contributed by atoms with Crippen molar-refractivity contribution in [3.05, 3.63) is 41.6 Å². The second-order valence-electron chi connectivity index (χ2n) is 5.05. The molecule has 1 aliphatic rings. The first-order chi connectivity index (χ1) is 9.14. The smallest absolute Gasteiger partial charge is 0.123 e. The Balaban J connectivity index is 2.02. The Labute approximate surface area is 110 Å². The summed E-state index contributed by atoms with van der Waals surface area (Å²) in [6.45, 7) is 3.58. The van der Waals surface area contributed by atoms with Crippen LogP contribution in [0.1, 0.15) is 11.5 Å². The molecule has 0 radical (unpaired) electrons. The van der Waals surface area contributed by atoms with Gasteiger partial charge in [-0.3, -0.25) is 0 Å². The van der Waals surface area contributed by atoms with Crippen LogP contribution in [0.2, 0.25) is 0 Å². The van der Waals surface area contributed by atoms with Gasteiger partial charge >= 0.3 is 0 Å². The molecular weight excluding hydrogens is 245 g/mol. The summed E-state index contributed by atoms with van der Waals surface area (Å²) in [7, 11) is 0. The van der Waals surface area contributed by atoms with Gasteiger partial charge in [0.25, 0.3) is 0 Å². The lowest BCUT2D eigenvalue weighted by molar-refractivity contribution is -0.0590. The zero-order valence-electron chi connectivity index (χ0n) is 10.7. The lowest BCUT2D eigenvalue weighted by atomic mass is 9.85. The molecule has 3 N–H and O–H groups in total. The number of imidazole rings is 1. The van der Waals surface area contributed by atoms with Crippen LogP contribution in [0.15, 0.2) is 24.3 Å². The predicted molar refractivity (Wildman–Crippen MR) is 70.3 cm³/mol. The van der Waals surface area contributed by atoms with E-state index in [1.807, 2.05) is 13.0 Å². The quantitative estimate of drug-likeness (QED) is 0.884. The molecule has 2 aromatic rings. The number of aromatic amines is 1. The van der Waals surface area contributed by atoms with Crippen molar-refractivity contribution >= 4 is 0 Å². The van der Waals surface area contributed by atoms with E-state index >= 15 is 0 Å². The molecular formula is C14H16FN3O. The van der Waals surface area contributed by atoms with Crippen LogP contribution in [0.3, 0.4) is 0 Å². The lowest BCUT2D eigenvalue weighted by Gasteiger charge is -2.38. The maximum absolute atomic E-state index is 13.3. The molecule has 0 bridgehead atoms. The van der Waals surface area contributed by atoms with Gasteiger partial charge in [0, 0.05) is 17.8 Å². The summed E-state index contributed by atoms with van der Waals surface area (Å²) in [4.78, 5) is 7.87. The van der Waals surface area contributed by atoms with Gasteiger partial charge in [-0.15, -0.1) is 0 Å². The van der Waals surface area contributed by atoms with Crippen LogP contribution in [0.25, 0.3) is 11.3 Å². The minimum Gasteiger partial charge on any atom is -0.379 e. The average molecular weight is 261 g/mol. The summed E-state index contributed by atoms with van der Waals surface area (Å²) in [6.07, 6.45) is 0. The summed E-state index contributed by atoms with van der Waals surface area (Å²) in [5, 5.41) is 0. The number of benzene rings is 1. The van der Waals surface area contributed by atoms with Crippen LogP contribution < -0.4 is 5.73 Å². The summed E-state index contributed by atoms with van der Waals surface area (Å²) < 4.78 is 18.5. The van der Waals surface area contributed by atoms with E-state index in [0.29, 0.717) is 19.8 Å². The van der Waals surface area contributed by atoms with E-state index in [4.69, 9.17) is 10.5 Å². The van der Waals surface area contributed by atoms with Crippen molar-refractivity contribution in [2.75, 3.05) is 19.8 Å². The van der Waals surface area contributed by atoms with Gasteiger partial charge in [0.2, 0.25) is 0 Å². The monoisotopic (exact) mass is 261 g/mol. The Morgan fingerprint density at radius 1 is 1.47 bits per heavy atom. The van der Waals surface area contributed by atoms with Crippen molar-refractivity contribution in [3.63, 3.8) is 0 Å². The number of H-pyrrole nitrogens is 1. The average Bonchev–Trinajstić information content (AvgIpc) is 2.71.